The fourth-order valence-corrected chi connectivity index (χ4v) is 4.21. The van der Waals surface area contributed by atoms with E-state index in [9.17, 15) is 17.6 Å². The van der Waals surface area contributed by atoms with E-state index < -0.39 is 26.6 Å². The lowest BCUT2D eigenvalue weighted by atomic mass is 10.1. The predicted octanol–water partition coefficient (Wildman–Crippen LogP) is 3.32. The Morgan fingerprint density at radius 3 is 2.43 bits per heavy atom. The highest BCUT2D eigenvalue weighted by Crippen LogP contribution is 2.29. The molecule has 0 bridgehead atoms. The third-order valence-corrected chi connectivity index (χ3v) is 6.63. The summed E-state index contributed by atoms with van der Waals surface area (Å²) in [6.07, 6.45) is 3.40. The summed E-state index contributed by atoms with van der Waals surface area (Å²) in [7, 11) is -1.36. The number of amides is 1. The number of nitrogens with zero attached hydrogens (tertiary/aromatic N) is 2. The predicted molar refractivity (Wildman–Crippen MR) is 108 cm³/mol. The number of para-hydroxylation sites is 2. The van der Waals surface area contributed by atoms with Gasteiger partial charge in [0, 0.05) is 32.7 Å². The summed E-state index contributed by atoms with van der Waals surface area (Å²) < 4.78 is 39.6. The maximum Gasteiger partial charge on any atom is 0.255 e. The molecule has 0 spiro atoms. The Labute approximate surface area is 165 Å². The maximum absolute atomic E-state index is 14.1. The molecule has 28 heavy (non-hydrogen) atoms. The van der Waals surface area contributed by atoms with Crippen LogP contribution in [-0.2, 0) is 10.0 Å². The molecule has 1 amide bonds. The Hall–Kier alpha value is -2.45. The van der Waals surface area contributed by atoms with Crippen molar-refractivity contribution in [2.75, 3.05) is 37.4 Å². The Bertz CT molecular complexity index is 970. The van der Waals surface area contributed by atoms with E-state index in [0.717, 1.165) is 48.1 Å². The van der Waals surface area contributed by atoms with Crippen molar-refractivity contribution >= 4 is 27.3 Å². The summed E-state index contributed by atoms with van der Waals surface area (Å²) in [5.41, 5.74) is 1.66. The minimum Gasteiger partial charge on any atom is -0.370 e. The van der Waals surface area contributed by atoms with Crippen molar-refractivity contribution in [1.29, 1.82) is 0 Å². The standard InChI is InChI=1S/C20H24FN3O3S/c1-23(2)28(26,27)19-14-15(10-11-16(19)21)20(25)22-17-8-4-5-9-18(17)24-12-6-3-7-13-24/h4-5,8-11,14H,3,6-7,12-13H2,1-2H3,(H,22,25). The molecule has 1 saturated heterocycles. The second-order valence-electron chi connectivity index (χ2n) is 6.95. The zero-order valence-corrected chi connectivity index (χ0v) is 16.8. The largest absolute Gasteiger partial charge is 0.370 e. The van der Waals surface area contributed by atoms with Gasteiger partial charge in [-0.15, -0.1) is 0 Å². The Morgan fingerprint density at radius 2 is 1.75 bits per heavy atom. The van der Waals surface area contributed by atoms with Gasteiger partial charge < -0.3 is 10.2 Å². The highest BCUT2D eigenvalue weighted by atomic mass is 32.2. The molecule has 1 N–H and O–H groups in total. The number of benzene rings is 2. The Kier molecular flexibility index (Phi) is 6.00. The van der Waals surface area contributed by atoms with Gasteiger partial charge in [0.1, 0.15) is 10.7 Å². The minimum absolute atomic E-state index is 0.0790. The van der Waals surface area contributed by atoms with Crippen LogP contribution < -0.4 is 10.2 Å². The topological polar surface area (TPSA) is 69.7 Å². The molecule has 0 atom stereocenters. The molecule has 0 unspecified atom stereocenters. The van der Waals surface area contributed by atoms with Crippen LogP contribution in [0.2, 0.25) is 0 Å². The molecule has 1 aliphatic rings. The Balaban J connectivity index is 1.89. The second kappa shape index (κ2) is 8.28. The summed E-state index contributed by atoms with van der Waals surface area (Å²) in [6.45, 7) is 1.85. The van der Waals surface area contributed by atoms with Gasteiger partial charge in [-0.05, 0) is 49.6 Å². The first-order valence-electron chi connectivity index (χ1n) is 9.18. The number of anilines is 2. The lowest BCUT2D eigenvalue weighted by Gasteiger charge is -2.30. The van der Waals surface area contributed by atoms with E-state index in [0.29, 0.717) is 5.69 Å². The average Bonchev–Trinajstić information content (AvgIpc) is 2.69. The first-order valence-corrected chi connectivity index (χ1v) is 10.6. The molecular weight excluding hydrogens is 381 g/mol. The molecular formula is C20H24FN3O3S. The number of hydrogen-bond donors (Lipinski definition) is 1. The van der Waals surface area contributed by atoms with Crippen LogP contribution in [0.15, 0.2) is 47.4 Å². The molecule has 3 rings (SSSR count). The van der Waals surface area contributed by atoms with Gasteiger partial charge in [0.05, 0.1) is 11.4 Å². The third kappa shape index (κ3) is 4.18. The fraction of sp³-hybridized carbons (Fsp3) is 0.350. The van der Waals surface area contributed by atoms with Crippen molar-refractivity contribution in [2.45, 2.75) is 24.2 Å². The quantitative estimate of drug-likeness (QED) is 0.829. The van der Waals surface area contributed by atoms with Crippen molar-refractivity contribution in [1.82, 2.24) is 4.31 Å². The maximum atomic E-state index is 14.1. The lowest BCUT2D eigenvalue weighted by Crippen LogP contribution is -2.30. The summed E-state index contributed by atoms with van der Waals surface area (Å²) in [4.78, 5) is 14.5. The van der Waals surface area contributed by atoms with Gasteiger partial charge in [0.25, 0.3) is 5.91 Å². The van der Waals surface area contributed by atoms with E-state index in [4.69, 9.17) is 0 Å². The number of piperidine rings is 1. The molecule has 1 fully saturated rings. The van der Waals surface area contributed by atoms with Gasteiger partial charge >= 0.3 is 0 Å². The van der Waals surface area contributed by atoms with Crippen LogP contribution in [0.25, 0.3) is 0 Å². The summed E-state index contributed by atoms with van der Waals surface area (Å²) in [5, 5.41) is 2.84. The first-order chi connectivity index (χ1) is 13.3. The van der Waals surface area contributed by atoms with E-state index in [-0.39, 0.29) is 5.56 Å². The molecule has 0 saturated carbocycles. The molecule has 0 radical (unpaired) electrons. The zero-order valence-electron chi connectivity index (χ0n) is 16.0. The molecule has 2 aromatic carbocycles. The molecule has 8 heteroatoms. The van der Waals surface area contributed by atoms with Crippen molar-refractivity contribution < 1.29 is 17.6 Å². The minimum atomic E-state index is -3.99. The third-order valence-electron chi connectivity index (χ3n) is 4.80. The van der Waals surface area contributed by atoms with Crippen molar-refractivity contribution in [3.05, 3.63) is 53.8 Å². The van der Waals surface area contributed by atoms with E-state index in [1.807, 2.05) is 24.3 Å². The van der Waals surface area contributed by atoms with Crippen LogP contribution >= 0.6 is 0 Å². The van der Waals surface area contributed by atoms with E-state index in [1.165, 1.54) is 26.6 Å². The smallest absolute Gasteiger partial charge is 0.255 e. The number of nitrogens with one attached hydrogen (secondary N) is 1. The van der Waals surface area contributed by atoms with Crippen LogP contribution in [0.5, 0.6) is 0 Å². The number of halogens is 1. The van der Waals surface area contributed by atoms with Gasteiger partial charge in [-0.25, -0.2) is 17.1 Å². The van der Waals surface area contributed by atoms with Gasteiger partial charge in [0.15, 0.2) is 0 Å². The first kappa shape index (κ1) is 20.3. The van der Waals surface area contributed by atoms with E-state index >= 15 is 0 Å². The number of carbonyl (C=O) groups excluding carboxylic acids is 1. The molecule has 150 valence electrons. The van der Waals surface area contributed by atoms with Crippen LogP contribution in [-0.4, -0.2) is 45.8 Å². The Morgan fingerprint density at radius 1 is 1.07 bits per heavy atom. The molecule has 1 heterocycles. The van der Waals surface area contributed by atoms with Crippen LogP contribution in [0.4, 0.5) is 15.8 Å². The second-order valence-corrected chi connectivity index (χ2v) is 9.07. The molecule has 2 aromatic rings. The molecule has 1 aliphatic heterocycles. The van der Waals surface area contributed by atoms with E-state index in [2.05, 4.69) is 10.2 Å². The molecule has 0 aliphatic carbocycles. The summed E-state index contributed by atoms with van der Waals surface area (Å²) in [6, 6.07) is 10.9. The van der Waals surface area contributed by atoms with Gasteiger partial charge in [-0.2, -0.15) is 0 Å². The monoisotopic (exact) mass is 405 g/mol. The number of sulfonamides is 1. The van der Waals surface area contributed by atoms with E-state index in [1.54, 1.807) is 0 Å². The van der Waals surface area contributed by atoms with Crippen LogP contribution in [0.3, 0.4) is 0 Å². The highest BCUT2D eigenvalue weighted by molar-refractivity contribution is 7.89. The van der Waals surface area contributed by atoms with Gasteiger partial charge in [-0.1, -0.05) is 12.1 Å². The molecule has 0 aromatic heterocycles. The fourth-order valence-electron chi connectivity index (χ4n) is 3.22. The normalized spacial score (nSPS) is 14.9. The van der Waals surface area contributed by atoms with Crippen molar-refractivity contribution in [3.8, 4) is 0 Å². The highest BCUT2D eigenvalue weighted by Gasteiger charge is 2.24. The summed E-state index contributed by atoms with van der Waals surface area (Å²) in [5.74, 6) is -1.38. The number of carbonyl (C=O) groups is 1. The van der Waals surface area contributed by atoms with Crippen LogP contribution in [0, 0.1) is 5.82 Å². The molecule has 6 nitrogen and oxygen atoms in total. The van der Waals surface area contributed by atoms with Crippen molar-refractivity contribution in [2.24, 2.45) is 0 Å². The SMILES string of the molecule is CN(C)S(=O)(=O)c1cc(C(=O)Nc2ccccc2N2CCCCC2)ccc1F. The average molecular weight is 405 g/mol. The van der Waals surface area contributed by atoms with Crippen LogP contribution in [0.1, 0.15) is 29.6 Å². The van der Waals surface area contributed by atoms with Gasteiger partial charge in [-0.3, -0.25) is 4.79 Å². The van der Waals surface area contributed by atoms with Crippen molar-refractivity contribution in [3.63, 3.8) is 0 Å². The summed E-state index contributed by atoms with van der Waals surface area (Å²) >= 11 is 0. The zero-order chi connectivity index (χ0) is 20.3. The van der Waals surface area contributed by atoms with Gasteiger partial charge in [0.2, 0.25) is 10.0 Å². The number of rotatable bonds is 5. The lowest BCUT2D eigenvalue weighted by molar-refractivity contribution is 0.102. The number of hydrogen-bond acceptors (Lipinski definition) is 4.